The molecule has 0 atom stereocenters. The van der Waals surface area contributed by atoms with Gasteiger partial charge in [-0.05, 0) is 49.5 Å². The molecule has 1 aromatic rings. The first-order chi connectivity index (χ1) is 9.86. The maximum Gasteiger partial charge on any atom is 0.240 e. The van der Waals surface area contributed by atoms with E-state index in [1.54, 1.807) is 0 Å². The fourth-order valence-corrected chi connectivity index (χ4v) is 3.58. The number of nitrogens with one attached hydrogen (secondary N) is 2. The fraction of sp³-hybridized carbons (Fsp3) is 0.571. The lowest BCUT2D eigenvalue weighted by atomic mass is 9.81. The number of piperidine rings is 1. The predicted octanol–water partition coefficient (Wildman–Crippen LogP) is 1.92. The fourth-order valence-electron chi connectivity index (χ4n) is 2.37. The molecule has 1 aliphatic heterocycles. The number of ether oxygens (including phenoxy) is 1. The van der Waals surface area contributed by atoms with Crippen molar-refractivity contribution < 1.29 is 17.5 Å². The van der Waals surface area contributed by atoms with Crippen LogP contribution in [0.1, 0.15) is 19.8 Å². The van der Waals surface area contributed by atoms with E-state index in [0.717, 1.165) is 32.0 Å². The number of benzene rings is 1. The van der Waals surface area contributed by atoms with Crippen LogP contribution in [0, 0.1) is 11.2 Å². The number of hydrogen-bond acceptors (Lipinski definition) is 4. The van der Waals surface area contributed by atoms with Crippen LogP contribution in [0.15, 0.2) is 23.1 Å². The third-order valence-electron chi connectivity index (χ3n) is 3.93. The van der Waals surface area contributed by atoms with Crippen molar-refractivity contribution in [3.63, 3.8) is 0 Å². The summed E-state index contributed by atoms with van der Waals surface area (Å²) in [7, 11) is -2.38. The van der Waals surface area contributed by atoms with Gasteiger partial charge in [0.1, 0.15) is 0 Å². The van der Waals surface area contributed by atoms with Crippen molar-refractivity contribution in [2.24, 2.45) is 5.41 Å². The topological polar surface area (TPSA) is 67.4 Å². The molecule has 0 spiro atoms. The van der Waals surface area contributed by atoms with Crippen molar-refractivity contribution in [2.75, 3.05) is 26.7 Å². The van der Waals surface area contributed by atoms with Gasteiger partial charge in [-0.1, -0.05) is 6.92 Å². The highest BCUT2D eigenvalue weighted by molar-refractivity contribution is 7.89. The van der Waals surface area contributed by atoms with E-state index < -0.39 is 15.8 Å². The van der Waals surface area contributed by atoms with Gasteiger partial charge in [0, 0.05) is 6.54 Å². The van der Waals surface area contributed by atoms with Gasteiger partial charge in [0.15, 0.2) is 11.6 Å². The van der Waals surface area contributed by atoms with Crippen molar-refractivity contribution in [1.29, 1.82) is 0 Å². The smallest absolute Gasteiger partial charge is 0.240 e. The normalized spacial score (nSPS) is 17.6. The van der Waals surface area contributed by atoms with Crippen molar-refractivity contribution in [2.45, 2.75) is 24.7 Å². The molecule has 0 aliphatic carbocycles. The molecule has 8 heteroatoms. The molecule has 1 aromatic carbocycles. The van der Waals surface area contributed by atoms with Gasteiger partial charge >= 0.3 is 0 Å². The Bertz CT molecular complexity index is 604. The van der Waals surface area contributed by atoms with Crippen LogP contribution in [0.2, 0.25) is 0 Å². The van der Waals surface area contributed by atoms with Gasteiger partial charge in [0.2, 0.25) is 10.0 Å². The average molecular weight is 353 g/mol. The van der Waals surface area contributed by atoms with Crippen LogP contribution in [0.5, 0.6) is 5.75 Å². The molecule has 1 fully saturated rings. The SMILES string of the molecule is COc1ccc(S(=O)(=O)NCC2(C)CCNCC2)cc1F.Cl. The Morgan fingerprint density at radius 1 is 1.36 bits per heavy atom. The van der Waals surface area contributed by atoms with E-state index in [4.69, 9.17) is 4.74 Å². The molecule has 2 N–H and O–H groups in total. The van der Waals surface area contributed by atoms with Crippen LogP contribution >= 0.6 is 12.4 Å². The second-order valence-electron chi connectivity index (χ2n) is 5.68. The third kappa shape index (κ3) is 4.55. The maximum absolute atomic E-state index is 13.6. The summed E-state index contributed by atoms with van der Waals surface area (Å²) in [6, 6.07) is 3.64. The van der Waals surface area contributed by atoms with E-state index in [2.05, 4.69) is 17.0 Å². The summed E-state index contributed by atoms with van der Waals surface area (Å²) < 4.78 is 45.5. The molecule has 22 heavy (non-hydrogen) atoms. The highest BCUT2D eigenvalue weighted by Crippen LogP contribution is 2.27. The summed E-state index contributed by atoms with van der Waals surface area (Å²) in [4.78, 5) is -0.0849. The second kappa shape index (κ2) is 7.59. The van der Waals surface area contributed by atoms with Crippen LogP contribution < -0.4 is 14.8 Å². The molecule has 1 saturated heterocycles. The first kappa shape index (κ1) is 19.2. The summed E-state index contributed by atoms with van der Waals surface area (Å²) in [5.41, 5.74) is -0.0661. The molecule has 0 saturated carbocycles. The summed E-state index contributed by atoms with van der Waals surface area (Å²) >= 11 is 0. The van der Waals surface area contributed by atoms with E-state index in [-0.39, 0.29) is 28.5 Å². The summed E-state index contributed by atoms with van der Waals surface area (Å²) in [5, 5.41) is 3.25. The number of halogens is 2. The van der Waals surface area contributed by atoms with Crippen molar-refractivity contribution in [1.82, 2.24) is 10.0 Å². The number of sulfonamides is 1. The third-order valence-corrected chi connectivity index (χ3v) is 5.33. The number of hydrogen-bond donors (Lipinski definition) is 2. The second-order valence-corrected chi connectivity index (χ2v) is 7.45. The monoisotopic (exact) mass is 352 g/mol. The number of rotatable bonds is 5. The zero-order valence-corrected chi connectivity index (χ0v) is 14.3. The minimum Gasteiger partial charge on any atom is -0.494 e. The predicted molar refractivity (Wildman–Crippen MR) is 85.6 cm³/mol. The Kier molecular flexibility index (Phi) is 6.61. The van der Waals surface area contributed by atoms with Crippen LogP contribution in [0.3, 0.4) is 0 Å². The van der Waals surface area contributed by atoms with Gasteiger partial charge in [0.25, 0.3) is 0 Å². The lowest BCUT2D eigenvalue weighted by Crippen LogP contribution is -2.42. The minimum atomic E-state index is -3.71. The molecule has 0 radical (unpaired) electrons. The van der Waals surface area contributed by atoms with Crippen LogP contribution in [0.25, 0.3) is 0 Å². The highest BCUT2D eigenvalue weighted by atomic mass is 35.5. The number of methoxy groups -OCH3 is 1. The average Bonchev–Trinajstić information content (AvgIpc) is 2.46. The Morgan fingerprint density at radius 3 is 2.55 bits per heavy atom. The first-order valence-electron chi connectivity index (χ1n) is 6.90. The maximum atomic E-state index is 13.6. The van der Waals surface area contributed by atoms with Gasteiger partial charge in [0.05, 0.1) is 12.0 Å². The van der Waals surface area contributed by atoms with Crippen molar-refractivity contribution in [3.8, 4) is 5.75 Å². The summed E-state index contributed by atoms with van der Waals surface area (Å²) in [6.45, 7) is 4.18. The van der Waals surface area contributed by atoms with E-state index >= 15 is 0 Å². The highest BCUT2D eigenvalue weighted by Gasteiger charge is 2.28. The molecule has 5 nitrogen and oxygen atoms in total. The molecule has 2 rings (SSSR count). The van der Waals surface area contributed by atoms with Crippen LogP contribution in [-0.2, 0) is 10.0 Å². The molecule has 0 unspecified atom stereocenters. The summed E-state index contributed by atoms with van der Waals surface area (Å²) in [5.74, 6) is -0.660. The first-order valence-corrected chi connectivity index (χ1v) is 8.39. The van der Waals surface area contributed by atoms with Gasteiger partial charge in [-0.3, -0.25) is 0 Å². The van der Waals surface area contributed by atoms with E-state index in [9.17, 15) is 12.8 Å². The Balaban J connectivity index is 0.00000242. The van der Waals surface area contributed by atoms with E-state index in [1.165, 1.54) is 19.2 Å². The van der Waals surface area contributed by atoms with Crippen molar-refractivity contribution in [3.05, 3.63) is 24.0 Å². The van der Waals surface area contributed by atoms with Gasteiger partial charge in [-0.25, -0.2) is 17.5 Å². The van der Waals surface area contributed by atoms with Gasteiger partial charge in [-0.2, -0.15) is 0 Å². The minimum absolute atomic E-state index is 0. The molecule has 0 amide bonds. The quantitative estimate of drug-likeness (QED) is 0.849. The molecule has 1 aliphatic rings. The van der Waals surface area contributed by atoms with Crippen LogP contribution in [-0.4, -0.2) is 35.2 Å². The Morgan fingerprint density at radius 2 is 2.00 bits per heavy atom. The van der Waals surface area contributed by atoms with Gasteiger partial charge < -0.3 is 10.1 Å². The lowest BCUT2D eigenvalue weighted by Gasteiger charge is -2.34. The molecule has 0 aromatic heterocycles. The Hall–Kier alpha value is -0.890. The lowest BCUT2D eigenvalue weighted by molar-refractivity contribution is 0.232. The van der Waals surface area contributed by atoms with Crippen LogP contribution in [0.4, 0.5) is 4.39 Å². The summed E-state index contributed by atoms with van der Waals surface area (Å²) in [6.07, 6.45) is 1.82. The molecule has 1 heterocycles. The van der Waals surface area contributed by atoms with E-state index in [1.807, 2.05) is 0 Å². The largest absolute Gasteiger partial charge is 0.494 e. The standard InChI is InChI=1S/C14H21FN2O3S.ClH/c1-14(5-7-16-8-6-14)10-17-21(18,19)11-3-4-13(20-2)12(15)9-11;/h3-4,9,16-17H,5-8,10H2,1-2H3;1H. The zero-order valence-electron chi connectivity index (χ0n) is 12.7. The van der Waals surface area contributed by atoms with E-state index in [0.29, 0.717) is 6.54 Å². The zero-order chi connectivity index (χ0) is 15.5. The van der Waals surface area contributed by atoms with Crippen molar-refractivity contribution >= 4 is 22.4 Å². The molecule has 126 valence electrons. The molecular weight excluding hydrogens is 331 g/mol. The Labute approximate surface area is 137 Å². The molecule has 0 bridgehead atoms. The van der Waals surface area contributed by atoms with Gasteiger partial charge in [-0.15, -0.1) is 12.4 Å². The molecular formula is C14H22ClFN2O3S.